The molecule has 0 aliphatic carbocycles. The highest BCUT2D eigenvalue weighted by Crippen LogP contribution is 2.28. The molecular weight excluding hydrogens is 254 g/mol. The van der Waals surface area contributed by atoms with Crippen molar-refractivity contribution in [3.8, 4) is 0 Å². The van der Waals surface area contributed by atoms with Gasteiger partial charge in [0.15, 0.2) is 0 Å². The fourth-order valence-corrected chi connectivity index (χ4v) is 3.97. The lowest BCUT2D eigenvalue weighted by Crippen LogP contribution is -2.34. The van der Waals surface area contributed by atoms with E-state index < -0.39 is 0 Å². The molecule has 0 radical (unpaired) electrons. The van der Waals surface area contributed by atoms with Gasteiger partial charge in [-0.2, -0.15) is 5.10 Å². The second-order valence-corrected chi connectivity index (χ2v) is 6.99. The number of nitrogens with one attached hydrogen (secondary N) is 1. The predicted molar refractivity (Wildman–Crippen MR) is 79.6 cm³/mol. The maximum absolute atomic E-state index is 4.08. The number of hydrogen-bond acceptors (Lipinski definition) is 3. The largest absolute Gasteiger partial charge is 0.298 e. The third kappa shape index (κ3) is 2.90. The van der Waals surface area contributed by atoms with Crippen LogP contribution in [0.3, 0.4) is 0 Å². The second kappa shape index (κ2) is 5.47. The van der Waals surface area contributed by atoms with Crippen molar-refractivity contribution in [1.82, 2.24) is 15.1 Å². The van der Waals surface area contributed by atoms with Crippen molar-refractivity contribution >= 4 is 11.3 Å². The first-order valence-corrected chi connectivity index (χ1v) is 7.81. The average Bonchev–Trinajstić information content (AvgIpc) is 3.01. The fourth-order valence-electron chi connectivity index (χ4n) is 3.03. The molecule has 4 heteroatoms. The minimum atomic E-state index is 0.622. The SMILES string of the molecule is Cc1cc(CN2CCC[C@@H](c3ccn[nH]3)C2)c(C)s1. The molecule has 1 aliphatic rings. The topological polar surface area (TPSA) is 31.9 Å². The average molecular weight is 275 g/mol. The number of hydrogen-bond donors (Lipinski definition) is 1. The van der Waals surface area contributed by atoms with Gasteiger partial charge in [-0.1, -0.05) is 0 Å². The number of piperidine rings is 1. The van der Waals surface area contributed by atoms with Crippen molar-refractivity contribution in [2.24, 2.45) is 0 Å². The Bertz CT molecular complexity index is 530. The van der Waals surface area contributed by atoms with E-state index in [1.165, 1.54) is 40.4 Å². The zero-order valence-corrected chi connectivity index (χ0v) is 12.5. The normalized spacial score (nSPS) is 20.8. The number of nitrogens with zero attached hydrogens (tertiary/aromatic N) is 2. The molecule has 1 fully saturated rings. The molecule has 0 aromatic carbocycles. The summed E-state index contributed by atoms with van der Waals surface area (Å²) in [5.74, 6) is 0.622. The lowest BCUT2D eigenvalue weighted by atomic mass is 9.94. The summed E-state index contributed by atoms with van der Waals surface area (Å²) in [5, 5.41) is 7.21. The fraction of sp³-hybridized carbons (Fsp3) is 0.533. The first-order valence-electron chi connectivity index (χ1n) is 7.00. The quantitative estimate of drug-likeness (QED) is 0.930. The molecule has 2 aromatic heterocycles. The number of aromatic nitrogens is 2. The Morgan fingerprint density at radius 1 is 1.47 bits per heavy atom. The summed E-state index contributed by atoms with van der Waals surface area (Å²) in [6.45, 7) is 7.91. The second-order valence-electron chi connectivity index (χ2n) is 5.52. The monoisotopic (exact) mass is 275 g/mol. The van der Waals surface area contributed by atoms with Gasteiger partial charge in [-0.15, -0.1) is 11.3 Å². The molecule has 1 saturated heterocycles. The summed E-state index contributed by atoms with van der Waals surface area (Å²) in [6.07, 6.45) is 4.42. The summed E-state index contributed by atoms with van der Waals surface area (Å²) < 4.78 is 0. The minimum Gasteiger partial charge on any atom is -0.298 e. The van der Waals surface area contributed by atoms with Gasteiger partial charge in [-0.3, -0.25) is 10.00 Å². The third-order valence-corrected chi connectivity index (χ3v) is 5.01. The van der Waals surface area contributed by atoms with Crippen molar-refractivity contribution in [1.29, 1.82) is 0 Å². The summed E-state index contributed by atoms with van der Waals surface area (Å²) >= 11 is 1.91. The molecular formula is C15H21N3S. The molecule has 102 valence electrons. The van der Waals surface area contributed by atoms with Crippen LogP contribution in [-0.4, -0.2) is 28.2 Å². The Kier molecular flexibility index (Phi) is 3.71. The molecule has 1 N–H and O–H groups in total. The van der Waals surface area contributed by atoms with Crippen LogP contribution in [0, 0.1) is 13.8 Å². The molecule has 0 bridgehead atoms. The van der Waals surface area contributed by atoms with Gasteiger partial charge in [0, 0.05) is 40.7 Å². The molecule has 19 heavy (non-hydrogen) atoms. The van der Waals surface area contributed by atoms with Gasteiger partial charge in [-0.05, 0) is 50.9 Å². The summed E-state index contributed by atoms with van der Waals surface area (Å²) in [6, 6.07) is 4.47. The van der Waals surface area contributed by atoms with Crippen molar-refractivity contribution in [3.63, 3.8) is 0 Å². The number of H-pyrrole nitrogens is 1. The Labute approximate surface area is 118 Å². The molecule has 3 nitrogen and oxygen atoms in total. The Hall–Kier alpha value is -1.13. The van der Waals surface area contributed by atoms with Crippen LogP contribution >= 0.6 is 11.3 Å². The molecule has 2 aromatic rings. The molecule has 0 saturated carbocycles. The van der Waals surface area contributed by atoms with Crippen LogP contribution in [0.25, 0.3) is 0 Å². The minimum absolute atomic E-state index is 0.622. The number of likely N-dealkylation sites (tertiary alicyclic amines) is 1. The van der Waals surface area contributed by atoms with Crippen LogP contribution in [0.4, 0.5) is 0 Å². The van der Waals surface area contributed by atoms with Crippen molar-refractivity contribution in [2.45, 2.75) is 39.2 Å². The number of rotatable bonds is 3. The van der Waals surface area contributed by atoms with Crippen LogP contribution < -0.4 is 0 Å². The van der Waals surface area contributed by atoms with Gasteiger partial charge in [0.25, 0.3) is 0 Å². The van der Waals surface area contributed by atoms with Crippen molar-refractivity contribution < 1.29 is 0 Å². The van der Waals surface area contributed by atoms with Crippen LogP contribution in [0.2, 0.25) is 0 Å². The Morgan fingerprint density at radius 2 is 2.37 bits per heavy atom. The molecule has 0 unspecified atom stereocenters. The summed E-state index contributed by atoms with van der Waals surface area (Å²) in [7, 11) is 0. The summed E-state index contributed by atoms with van der Waals surface area (Å²) in [4.78, 5) is 5.49. The first kappa shape index (κ1) is 12.9. The van der Waals surface area contributed by atoms with Crippen molar-refractivity contribution in [2.75, 3.05) is 13.1 Å². The highest BCUT2D eigenvalue weighted by molar-refractivity contribution is 7.12. The third-order valence-electron chi connectivity index (χ3n) is 4.01. The summed E-state index contributed by atoms with van der Waals surface area (Å²) in [5.41, 5.74) is 2.80. The van der Waals surface area contributed by atoms with Gasteiger partial charge in [-0.25, -0.2) is 0 Å². The zero-order valence-electron chi connectivity index (χ0n) is 11.6. The molecule has 0 spiro atoms. The maximum atomic E-state index is 4.08. The number of aryl methyl sites for hydroxylation is 2. The first-order chi connectivity index (χ1) is 9.22. The van der Waals surface area contributed by atoms with Crippen molar-refractivity contribution in [3.05, 3.63) is 39.3 Å². The van der Waals surface area contributed by atoms with Gasteiger partial charge in [0.05, 0.1) is 0 Å². The van der Waals surface area contributed by atoms with Gasteiger partial charge in [0.2, 0.25) is 0 Å². The lowest BCUT2D eigenvalue weighted by molar-refractivity contribution is 0.198. The van der Waals surface area contributed by atoms with E-state index in [4.69, 9.17) is 0 Å². The van der Waals surface area contributed by atoms with E-state index in [1.807, 2.05) is 17.5 Å². The lowest BCUT2D eigenvalue weighted by Gasteiger charge is -2.32. The van der Waals surface area contributed by atoms with Gasteiger partial charge in [0.1, 0.15) is 0 Å². The molecule has 1 atom stereocenters. The van der Waals surface area contributed by atoms with E-state index in [1.54, 1.807) is 0 Å². The Balaban J connectivity index is 1.67. The van der Waals surface area contributed by atoms with Crippen LogP contribution in [0.5, 0.6) is 0 Å². The van der Waals surface area contributed by atoms with Gasteiger partial charge < -0.3 is 0 Å². The maximum Gasteiger partial charge on any atom is 0.0490 e. The van der Waals surface area contributed by atoms with E-state index in [9.17, 15) is 0 Å². The molecule has 0 amide bonds. The van der Waals surface area contributed by atoms with Crippen LogP contribution in [0.15, 0.2) is 18.3 Å². The van der Waals surface area contributed by atoms with E-state index in [0.717, 1.165) is 13.1 Å². The Morgan fingerprint density at radius 3 is 3.05 bits per heavy atom. The van der Waals surface area contributed by atoms with Crippen LogP contribution in [-0.2, 0) is 6.54 Å². The van der Waals surface area contributed by atoms with E-state index >= 15 is 0 Å². The highest BCUT2D eigenvalue weighted by atomic mass is 32.1. The standard InChI is InChI=1S/C15H21N3S/c1-11-8-14(12(2)19-11)10-18-7-3-4-13(9-18)15-5-6-16-17-15/h5-6,8,13H,3-4,7,9-10H2,1-2H3,(H,16,17)/t13-/m1/s1. The molecule has 3 heterocycles. The number of aromatic amines is 1. The van der Waals surface area contributed by atoms with E-state index in [0.29, 0.717) is 5.92 Å². The van der Waals surface area contributed by atoms with Crippen LogP contribution in [0.1, 0.15) is 39.8 Å². The zero-order chi connectivity index (χ0) is 13.2. The highest BCUT2D eigenvalue weighted by Gasteiger charge is 2.22. The predicted octanol–water partition coefficient (Wildman–Crippen LogP) is 3.47. The van der Waals surface area contributed by atoms with E-state index in [2.05, 4.69) is 41.1 Å². The smallest absolute Gasteiger partial charge is 0.0490 e. The molecule has 3 rings (SSSR count). The number of thiophene rings is 1. The van der Waals surface area contributed by atoms with Gasteiger partial charge >= 0.3 is 0 Å². The molecule has 1 aliphatic heterocycles. The van der Waals surface area contributed by atoms with E-state index in [-0.39, 0.29) is 0 Å².